The predicted octanol–water partition coefficient (Wildman–Crippen LogP) is 0.921. The Morgan fingerprint density at radius 2 is 2.10 bits per heavy atom. The molecule has 1 fully saturated rings. The third kappa shape index (κ3) is 2.59. The van der Waals surface area contributed by atoms with Gasteiger partial charge in [-0.25, -0.2) is 0 Å². The van der Waals surface area contributed by atoms with Gasteiger partial charge in [0.1, 0.15) is 29.3 Å². The van der Waals surface area contributed by atoms with Gasteiger partial charge < -0.3 is 20.1 Å². The molecule has 0 aromatic heterocycles. The lowest BCUT2D eigenvalue weighted by Crippen LogP contribution is -2.34. The van der Waals surface area contributed by atoms with Crippen molar-refractivity contribution in [1.82, 2.24) is 0 Å². The Hall–Kier alpha value is -2.07. The quantitative estimate of drug-likeness (QED) is 0.625. The maximum absolute atomic E-state index is 12.6. The van der Waals surface area contributed by atoms with Gasteiger partial charge in [-0.3, -0.25) is 4.79 Å². The minimum absolute atomic E-state index is 0.0395. The first kappa shape index (κ1) is 13.9. The first-order chi connectivity index (χ1) is 10.1. The van der Waals surface area contributed by atoms with Crippen LogP contribution in [0.3, 0.4) is 0 Å². The van der Waals surface area contributed by atoms with Gasteiger partial charge in [-0.05, 0) is 36.6 Å². The van der Waals surface area contributed by atoms with Gasteiger partial charge in [0.05, 0.1) is 12.5 Å². The van der Waals surface area contributed by atoms with Crippen LogP contribution in [0.25, 0.3) is 0 Å². The van der Waals surface area contributed by atoms with E-state index in [1.54, 1.807) is 18.2 Å². The number of hydrogen-bond donors (Lipinski definition) is 3. The molecule has 0 saturated carbocycles. The average Bonchev–Trinajstić information content (AvgIpc) is 2.61. The van der Waals surface area contributed by atoms with Gasteiger partial charge in [-0.15, -0.1) is 5.73 Å². The highest BCUT2D eigenvalue weighted by Crippen LogP contribution is 2.33. The maximum Gasteiger partial charge on any atom is 0.181 e. The molecule has 5 heteroatoms. The molecule has 0 amide bonds. The number of fused-ring (bicyclic) bond motifs is 1. The lowest BCUT2D eigenvalue weighted by molar-refractivity contribution is -0.124. The van der Waals surface area contributed by atoms with Gasteiger partial charge in [-0.2, -0.15) is 0 Å². The molecule has 3 rings (SSSR count). The van der Waals surface area contributed by atoms with Crippen molar-refractivity contribution in [3.05, 3.63) is 53.2 Å². The number of aliphatic hydroxyl groups excluding tert-OH is 3. The summed E-state index contributed by atoms with van der Waals surface area (Å²) in [5.41, 5.74) is 3.00. The predicted molar refractivity (Wildman–Crippen MR) is 74.1 cm³/mol. The fourth-order valence-electron chi connectivity index (χ4n) is 2.67. The Balaban J connectivity index is 1.87. The van der Waals surface area contributed by atoms with Gasteiger partial charge in [-0.1, -0.05) is 6.08 Å². The molecule has 110 valence electrons. The number of allylic oxidation sites excluding steroid dienone is 4. The van der Waals surface area contributed by atoms with Crippen molar-refractivity contribution in [3.8, 4) is 0 Å². The maximum atomic E-state index is 12.6. The van der Waals surface area contributed by atoms with Crippen LogP contribution in [0, 0.1) is 11.8 Å². The van der Waals surface area contributed by atoms with Crippen molar-refractivity contribution in [2.24, 2.45) is 11.8 Å². The number of ketones is 1. The lowest BCUT2D eigenvalue weighted by Gasteiger charge is -2.30. The highest BCUT2D eigenvalue weighted by Gasteiger charge is 2.37. The second-order valence-corrected chi connectivity index (χ2v) is 5.37. The summed E-state index contributed by atoms with van der Waals surface area (Å²) < 4.78 is 5.58. The number of ether oxygens (including phenoxy) is 1. The van der Waals surface area contributed by atoms with E-state index in [0.717, 1.165) is 0 Å². The van der Waals surface area contributed by atoms with E-state index in [-0.39, 0.29) is 41.3 Å². The zero-order chi connectivity index (χ0) is 15.0. The van der Waals surface area contributed by atoms with Gasteiger partial charge >= 0.3 is 0 Å². The first-order valence-electron chi connectivity index (χ1n) is 6.86. The second-order valence-electron chi connectivity index (χ2n) is 5.37. The molecule has 4 atom stereocenters. The molecular formula is C16H16O5. The van der Waals surface area contributed by atoms with Crippen molar-refractivity contribution in [2.45, 2.75) is 18.6 Å². The molecule has 3 N–H and O–H groups in total. The van der Waals surface area contributed by atoms with Crippen LogP contribution in [0.15, 0.2) is 53.2 Å². The summed E-state index contributed by atoms with van der Waals surface area (Å²) in [6, 6.07) is 0. The number of aliphatic hydroxyl groups is 3. The molecule has 3 aliphatic rings. The monoisotopic (exact) mass is 288 g/mol. The zero-order valence-corrected chi connectivity index (χ0v) is 11.3. The Morgan fingerprint density at radius 1 is 1.29 bits per heavy atom. The molecule has 5 nitrogen and oxygen atoms in total. The standard InChI is InChI=1S/C16H16O5/c17-10-3-1-9(2-4-10)12-8-21-15-7-14(19)13(18)6-5-11(15)16(12)20/h1,3-4,6-7,9,12-14,17-19H,2,8H2/t9-,12?,13?,14?/m0/s1. The SMILES string of the molecule is O=C1C2=C=CC(O)C(O)C=C2OCC1[C@H]1C=CC(O)=CC1. The van der Waals surface area contributed by atoms with E-state index in [1.807, 2.05) is 0 Å². The van der Waals surface area contributed by atoms with Crippen LogP contribution in [0.5, 0.6) is 0 Å². The van der Waals surface area contributed by atoms with Crippen LogP contribution in [-0.2, 0) is 9.53 Å². The summed E-state index contributed by atoms with van der Waals surface area (Å²) in [7, 11) is 0. The molecule has 2 aliphatic carbocycles. The summed E-state index contributed by atoms with van der Waals surface area (Å²) in [6.45, 7) is 0.211. The van der Waals surface area contributed by atoms with E-state index in [1.165, 1.54) is 12.2 Å². The van der Waals surface area contributed by atoms with E-state index < -0.39 is 12.2 Å². The Kier molecular flexibility index (Phi) is 3.55. The largest absolute Gasteiger partial charge is 0.508 e. The van der Waals surface area contributed by atoms with Crippen molar-refractivity contribution >= 4 is 5.78 Å². The average molecular weight is 288 g/mol. The molecule has 0 bridgehead atoms. The summed E-state index contributed by atoms with van der Waals surface area (Å²) in [4.78, 5) is 12.6. The third-order valence-corrected chi connectivity index (χ3v) is 3.95. The van der Waals surface area contributed by atoms with Gasteiger partial charge in [0, 0.05) is 0 Å². The molecule has 0 radical (unpaired) electrons. The summed E-state index contributed by atoms with van der Waals surface area (Å²) in [5, 5.41) is 28.6. The first-order valence-corrected chi connectivity index (χ1v) is 6.86. The summed E-state index contributed by atoms with van der Waals surface area (Å²) >= 11 is 0. The van der Waals surface area contributed by atoms with Crippen molar-refractivity contribution < 1.29 is 24.9 Å². The molecule has 0 aromatic carbocycles. The number of rotatable bonds is 1. The highest BCUT2D eigenvalue weighted by molar-refractivity contribution is 6.01. The van der Waals surface area contributed by atoms with Gasteiger partial charge in [0.25, 0.3) is 0 Å². The van der Waals surface area contributed by atoms with Gasteiger partial charge in [0.15, 0.2) is 5.78 Å². The number of carbonyl (C=O) groups excluding carboxylic acids is 1. The molecule has 21 heavy (non-hydrogen) atoms. The molecule has 3 unspecified atom stereocenters. The zero-order valence-electron chi connectivity index (χ0n) is 11.3. The summed E-state index contributed by atoms with van der Waals surface area (Å²) in [6.07, 6.45) is 6.04. The summed E-state index contributed by atoms with van der Waals surface area (Å²) in [5.74, 6) is -0.0339. The number of carbonyl (C=O) groups is 1. The number of hydrogen-bond acceptors (Lipinski definition) is 5. The van der Waals surface area contributed by atoms with Crippen LogP contribution in [0.4, 0.5) is 0 Å². The third-order valence-electron chi connectivity index (χ3n) is 3.95. The Morgan fingerprint density at radius 3 is 2.81 bits per heavy atom. The van der Waals surface area contributed by atoms with E-state index in [4.69, 9.17) is 4.74 Å². The minimum atomic E-state index is -1.11. The fraction of sp³-hybridized carbons (Fsp3) is 0.375. The topological polar surface area (TPSA) is 87.0 Å². The van der Waals surface area contributed by atoms with E-state index >= 15 is 0 Å². The molecule has 1 heterocycles. The van der Waals surface area contributed by atoms with Crippen molar-refractivity contribution in [1.29, 1.82) is 0 Å². The van der Waals surface area contributed by atoms with Crippen molar-refractivity contribution in [3.63, 3.8) is 0 Å². The molecule has 0 aromatic rings. The molecule has 1 saturated heterocycles. The van der Waals surface area contributed by atoms with Crippen molar-refractivity contribution in [2.75, 3.05) is 6.61 Å². The van der Waals surface area contributed by atoms with Gasteiger partial charge in [0.2, 0.25) is 0 Å². The highest BCUT2D eigenvalue weighted by atomic mass is 16.5. The van der Waals surface area contributed by atoms with E-state index in [2.05, 4.69) is 5.73 Å². The van der Waals surface area contributed by atoms with Crippen LogP contribution >= 0.6 is 0 Å². The smallest absolute Gasteiger partial charge is 0.181 e. The Labute approximate surface area is 121 Å². The van der Waals surface area contributed by atoms with E-state index in [9.17, 15) is 20.1 Å². The van der Waals surface area contributed by atoms with Crippen LogP contribution in [-0.4, -0.2) is 39.9 Å². The molecular weight excluding hydrogens is 272 g/mol. The second kappa shape index (κ2) is 5.37. The Bertz CT molecular complexity index is 619. The van der Waals surface area contributed by atoms with Crippen LogP contribution in [0.1, 0.15) is 6.42 Å². The van der Waals surface area contributed by atoms with Crippen LogP contribution < -0.4 is 0 Å². The van der Waals surface area contributed by atoms with E-state index in [0.29, 0.717) is 6.42 Å². The molecule has 0 spiro atoms. The minimum Gasteiger partial charge on any atom is -0.508 e. The normalized spacial score (nSPS) is 35.1. The molecule has 1 aliphatic heterocycles. The van der Waals surface area contributed by atoms with Crippen LogP contribution in [0.2, 0.25) is 0 Å². The lowest BCUT2D eigenvalue weighted by atomic mass is 9.80. The number of Topliss-reactive ketones (excluding diaryl/α,β-unsaturated/α-hetero) is 1. The fourth-order valence-corrected chi connectivity index (χ4v) is 2.67.